The standard InChI is InChI=1S/C14H18N4O3S/c1-17-7-8-21-13-4-6-18(10-12(13)17)22(19,20)14-3-2-5-16-11(14)9-15/h2-3,5,12-13H,4,6-8,10H2,1H3/t12-,13-/m1/s1. The molecule has 8 heteroatoms. The lowest BCUT2D eigenvalue weighted by molar-refractivity contribution is -0.0840. The first-order chi connectivity index (χ1) is 10.5. The van der Waals surface area contributed by atoms with Crippen LogP contribution in [0.25, 0.3) is 0 Å². The van der Waals surface area contributed by atoms with E-state index in [9.17, 15) is 8.42 Å². The number of likely N-dealkylation sites (N-methyl/N-ethyl adjacent to an activating group) is 1. The van der Waals surface area contributed by atoms with Crippen molar-refractivity contribution in [3.05, 3.63) is 24.0 Å². The van der Waals surface area contributed by atoms with Crippen LogP contribution in [0.2, 0.25) is 0 Å². The lowest BCUT2D eigenvalue weighted by atomic mass is 10.0. The van der Waals surface area contributed by atoms with Crippen LogP contribution in [0.5, 0.6) is 0 Å². The second-order valence-electron chi connectivity index (χ2n) is 5.57. The van der Waals surface area contributed by atoms with Gasteiger partial charge in [0.2, 0.25) is 10.0 Å². The van der Waals surface area contributed by atoms with E-state index in [1.807, 2.05) is 13.1 Å². The molecule has 7 nitrogen and oxygen atoms in total. The Hall–Kier alpha value is -1.53. The van der Waals surface area contributed by atoms with Gasteiger partial charge in [-0.3, -0.25) is 4.90 Å². The Balaban J connectivity index is 1.89. The van der Waals surface area contributed by atoms with Crippen molar-refractivity contribution in [1.29, 1.82) is 5.26 Å². The molecule has 2 fully saturated rings. The Morgan fingerprint density at radius 1 is 1.45 bits per heavy atom. The third-order valence-electron chi connectivity index (χ3n) is 4.32. The number of sulfonamides is 1. The van der Waals surface area contributed by atoms with Crippen LogP contribution in [0.4, 0.5) is 0 Å². The minimum Gasteiger partial charge on any atom is -0.375 e. The molecular formula is C14H18N4O3S. The normalized spacial score (nSPS) is 27.1. The SMILES string of the molecule is CN1CCO[C@@H]2CCN(S(=O)(=O)c3cccnc3C#N)C[C@H]21. The van der Waals surface area contributed by atoms with E-state index in [0.29, 0.717) is 26.1 Å². The highest BCUT2D eigenvalue weighted by Crippen LogP contribution is 2.27. The molecule has 22 heavy (non-hydrogen) atoms. The Labute approximate surface area is 130 Å². The summed E-state index contributed by atoms with van der Waals surface area (Å²) in [5.41, 5.74) is -0.0575. The quantitative estimate of drug-likeness (QED) is 0.764. The van der Waals surface area contributed by atoms with Crippen LogP contribution in [0.15, 0.2) is 23.2 Å². The van der Waals surface area contributed by atoms with E-state index >= 15 is 0 Å². The minimum absolute atomic E-state index is 0.0182. The average molecular weight is 322 g/mol. The minimum atomic E-state index is -3.71. The summed E-state index contributed by atoms with van der Waals surface area (Å²) in [5, 5.41) is 9.09. The Kier molecular flexibility index (Phi) is 4.14. The van der Waals surface area contributed by atoms with Crippen molar-refractivity contribution in [3.63, 3.8) is 0 Å². The predicted octanol–water partition coefficient (Wildman–Crippen LogP) is 0.0469. The molecule has 2 atom stereocenters. The van der Waals surface area contributed by atoms with Crippen molar-refractivity contribution in [2.75, 3.05) is 33.3 Å². The van der Waals surface area contributed by atoms with E-state index in [1.165, 1.54) is 22.6 Å². The third-order valence-corrected chi connectivity index (χ3v) is 6.22. The van der Waals surface area contributed by atoms with Gasteiger partial charge in [0.25, 0.3) is 0 Å². The zero-order valence-electron chi connectivity index (χ0n) is 12.3. The lowest BCUT2D eigenvalue weighted by Gasteiger charge is -2.45. The van der Waals surface area contributed by atoms with Crippen molar-refractivity contribution in [2.45, 2.75) is 23.5 Å². The molecule has 0 unspecified atom stereocenters. The number of rotatable bonds is 2. The highest BCUT2D eigenvalue weighted by Gasteiger charge is 2.40. The fourth-order valence-electron chi connectivity index (χ4n) is 3.05. The molecular weight excluding hydrogens is 304 g/mol. The number of nitriles is 1. The first-order valence-corrected chi connectivity index (χ1v) is 8.65. The zero-order valence-corrected chi connectivity index (χ0v) is 13.2. The molecule has 3 rings (SSSR count). The molecule has 0 N–H and O–H groups in total. The molecule has 0 radical (unpaired) electrons. The summed E-state index contributed by atoms with van der Waals surface area (Å²) in [6.45, 7) is 2.26. The fraction of sp³-hybridized carbons (Fsp3) is 0.571. The number of aromatic nitrogens is 1. The van der Waals surface area contributed by atoms with E-state index in [2.05, 4.69) is 9.88 Å². The Morgan fingerprint density at radius 2 is 2.27 bits per heavy atom. The molecule has 0 amide bonds. The van der Waals surface area contributed by atoms with Gasteiger partial charge < -0.3 is 4.74 Å². The van der Waals surface area contributed by atoms with E-state index in [0.717, 1.165) is 6.54 Å². The van der Waals surface area contributed by atoms with Crippen LogP contribution in [-0.2, 0) is 14.8 Å². The van der Waals surface area contributed by atoms with E-state index in [1.54, 1.807) is 0 Å². The van der Waals surface area contributed by atoms with Crippen molar-refractivity contribution in [3.8, 4) is 6.07 Å². The summed E-state index contributed by atoms with van der Waals surface area (Å²) in [7, 11) is -1.73. The van der Waals surface area contributed by atoms with Crippen molar-refractivity contribution >= 4 is 10.0 Å². The topological polar surface area (TPSA) is 86.5 Å². The highest BCUT2D eigenvalue weighted by atomic mass is 32.2. The van der Waals surface area contributed by atoms with Gasteiger partial charge in [-0.25, -0.2) is 13.4 Å². The first-order valence-electron chi connectivity index (χ1n) is 7.21. The second-order valence-corrected chi connectivity index (χ2v) is 7.48. The van der Waals surface area contributed by atoms with Gasteiger partial charge in [-0.1, -0.05) is 0 Å². The molecule has 1 aromatic heterocycles. The van der Waals surface area contributed by atoms with Gasteiger partial charge in [-0.2, -0.15) is 9.57 Å². The number of hydrogen-bond acceptors (Lipinski definition) is 6. The monoisotopic (exact) mass is 322 g/mol. The molecule has 0 spiro atoms. The molecule has 2 saturated heterocycles. The first kappa shape index (κ1) is 15.4. The van der Waals surface area contributed by atoms with E-state index in [-0.39, 0.29) is 22.7 Å². The van der Waals surface area contributed by atoms with Gasteiger partial charge in [0.1, 0.15) is 11.0 Å². The van der Waals surface area contributed by atoms with Gasteiger partial charge in [-0.05, 0) is 25.6 Å². The maximum Gasteiger partial charge on any atom is 0.246 e. The third kappa shape index (κ3) is 2.61. The predicted molar refractivity (Wildman–Crippen MR) is 78.5 cm³/mol. The molecule has 2 aliphatic heterocycles. The van der Waals surface area contributed by atoms with Crippen LogP contribution in [0.1, 0.15) is 12.1 Å². The van der Waals surface area contributed by atoms with E-state index < -0.39 is 10.0 Å². The lowest BCUT2D eigenvalue weighted by Crippen LogP contribution is -2.59. The molecule has 0 saturated carbocycles. The summed E-state index contributed by atoms with van der Waals surface area (Å²) in [6.07, 6.45) is 2.16. The second kappa shape index (κ2) is 5.93. The summed E-state index contributed by atoms with van der Waals surface area (Å²) in [5.74, 6) is 0. The summed E-state index contributed by atoms with van der Waals surface area (Å²) < 4.78 is 32.8. The molecule has 0 bridgehead atoms. The van der Waals surface area contributed by atoms with Crippen molar-refractivity contribution < 1.29 is 13.2 Å². The van der Waals surface area contributed by atoms with Crippen LogP contribution in [-0.4, -0.2) is 68.0 Å². The van der Waals surface area contributed by atoms with Crippen LogP contribution in [0, 0.1) is 11.3 Å². The number of nitrogens with zero attached hydrogens (tertiary/aromatic N) is 4. The highest BCUT2D eigenvalue weighted by molar-refractivity contribution is 7.89. The number of ether oxygens (including phenoxy) is 1. The summed E-state index contributed by atoms with van der Waals surface area (Å²) in [4.78, 5) is 5.98. The number of fused-ring (bicyclic) bond motifs is 1. The smallest absolute Gasteiger partial charge is 0.246 e. The Bertz CT molecular complexity index is 700. The van der Waals surface area contributed by atoms with Crippen molar-refractivity contribution in [2.24, 2.45) is 0 Å². The number of hydrogen-bond donors (Lipinski definition) is 0. The van der Waals surface area contributed by atoms with Crippen LogP contribution >= 0.6 is 0 Å². The average Bonchev–Trinajstić information content (AvgIpc) is 2.55. The molecule has 0 aliphatic carbocycles. The largest absolute Gasteiger partial charge is 0.375 e. The molecule has 3 heterocycles. The summed E-state index contributed by atoms with van der Waals surface area (Å²) >= 11 is 0. The molecule has 0 aromatic carbocycles. The van der Waals surface area contributed by atoms with E-state index in [4.69, 9.17) is 10.00 Å². The zero-order chi connectivity index (χ0) is 15.7. The van der Waals surface area contributed by atoms with Crippen LogP contribution < -0.4 is 0 Å². The fourth-order valence-corrected chi connectivity index (χ4v) is 4.62. The number of piperidine rings is 1. The van der Waals surface area contributed by atoms with Crippen LogP contribution in [0.3, 0.4) is 0 Å². The maximum atomic E-state index is 12.8. The Morgan fingerprint density at radius 3 is 3.05 bits per heavy atom. The van der Waals surface area contributed by atoms with Gasteiger partial charge in [0.15, 0.2) is 5.69 Å². The number of pyridine rings is 1. The molecule has 1 aromatic rings. The van der Waals surface area contributed by atoms with Gasteiger partial charge >= 0.3 is 0 Å². The molecule has 2 aliphatic rings. The van der Waals surface area contributed by atoms with Crippen molar-refractivity contribution in [1.82, 2.24) is 14.2 Å². The van der Waals surface area contributed by atoms with Gasteiger partial charge in [-0.15, -0.1) is 0 Å². The molecule has 118 valence electrons. The number of morpholine rings is 1. The van der Waals surface area contributed by atoms with Gasteiger partial charge in [0.05, 0.1) is 12.7 Å². The van der Waals surface area contributed by atoms with Gasteiger partial charge in [0, 0.05) is 31.9 Å². The summed E-state index contributed by atoms with van der Waals surface area (Å²) in [6, 6.07) is 4.89. The maximum absolute atomic E-state index is 12.8.